The monoisotopic (exact) mass is 391 g/mol. The van der Waals surface area contributed by atoms with Crippen LogP contribution < -0.4 is 14.8 Å². The molecule has 3 rings (SSSR count). The molecule has 1 aromatic carbocycles. The van der Waals surface area contributed by atoms with E-state index in [-0.39, 0.29) is 11.7 Å². The number of thiophene rings is 1. The second-order valence-electron chi connectivity index (χ2n) is 5.08. The number of ether oxygens (including phenoxy) is 2. The van der Waals surface area contributed by atoms with Crippen LogP contribution in [0.1, 0.15) is 4.88 Å². The van der Waals surface area contributed by atoms with Gasteiger partial charge in [0.15, 0.2) is 0 Å². The van der Waals surface area contributed by atoms with Gasteiger partial charge in [-0.05, 0) is 23.6 Å². The minimum Gasteiger partial charge on any atom is -0.497 e. The summed E-state index contributed by atoms with van der Waals surface area (Å²) in [6.45, 7) is 0.523. The maximum atomic E-state index is 11.9. The van der Waals surface area contributed by atoms with E-state index in [1.54, 1.807) is 43.8 Å². The van der Waals surface area contributed by atoms with Crippen LogP contribution >= 0.6 is 23.1 Å². The summed E-state index contributed by atoms with van der Waals surface area (Å²) in [6, 6.07) is 9.24. The van der Waals surface area contributed by atoms with Crippen LogP contribution in [0.4, 0.5) is 0 Å². The largest absolute Gasteiger partial charge is 0.497 e. The summed E-state index contributed by atoms with van der Waals surface area (Å²) >= 11 is 2.79. The standard InChI is InChI=1S/C17H17N3O4S2/c1-22-11-5-6-13(14(8-11)23-2)16-19-20-17(24-16)26-10-15(21)18-9-12-4-3-7-25-12/h3-8H,9-10H2,1-2H3,(H,18,21). The number of aromatic nitrogens is 2. The number of carbonyl (C=O) groups excluding carboxylic acids is 1. The Hall–Kier alpha value is -2.52. The lowest BCUT2D eigenvalue weighted by Crippen LogP contribution is -2.24. The molecule has 2 aromatic heterocycles. The SMILES string of the molecule is COc1ccc(-c2nnc(SCC(=O)NCc3cccs3)o2)c(OC)c1. The number of amides is 1. The van der Waals surface area contributed by atoms with E-state index in [1.165, 1.54) is 11.8 Å². The first-order valence-corrected chi connectivity index (χ1v) is 9.54. The Kier molecular flexibility index (Phi) is 6.13. The Morgan fingerprint density at radius 3 is 2.88 bits per heavy atom. The number of nitrogens with one attached hydrogen (secondary N) is 1. The molecule has 0 fully saturated rings. The summed E-state index contributed by atoms with van der Waals surface area (Å²) < 4.78 is 16.1. The van der Waals surface area contributed by atoms with Gasteiger partial charge < -0.3 is 19.2 Å². The lowest BCUT2D eigenvalue weighted by atomic mass is 10.2. The number of carbonyl (C=O) groups is 1. The summed E-state index contributed by atoms with van der Waals surface area (Å²) in [5, 5.41) is 13.2. The van der Waals surface area contributed by atoms with Gasteiger partial charge >= 0.3 is 0 Å². The molecule has 1 N–H and O–H groups in total. The molecule has 26 heavy (non-hydrogen) atoms. The minimum atomic E-state index is -0.0924. The van der Waals surface area contributed by atoms with Gasteiger partial charge in [0, 0.05) is 10.9 Å². The zero-order valence-electron chi connectivity index (χ0n) is 14.2. The van der Waals surface area contributed by atoms with Gasteiger partial charge in [0.25, 0.3) is 11.1 Å². The molecule has 0 bridgehead atoms. The first-order chi connectivity index (χ1) is 12.7. The maximum absolute atomic E-state index is 11.9. The summed E-state index contributed by atoms with van der Waals surface area (Å²) in [6.07, 6.45) is 0. The van der Waals surface area contributed by atoms with Crippen LogP contribution in [0.5, 0.6) is 11.5 Å². The van der Waals surface area contributed by atoms with Crippen molar-refractivity contribution in [2.24, 2.45) is 0 Å². The second-order valence-corrected chi connectivity index (χ2v) is 7.04. The fourth-order valence-electron chi connectivity index (χ4n) is 2.13. The van der Waals surface area contributed by atoms with Gasteiger partial charge in [0.2, 0.25) is 5.91 Å². The molecule has 9 heteroatoms. The predicted molar refractivity (Wildman–Crippen MR) is 99.7 cm³/mol. The van der Waals surface area contributed by atoms with Crippen molar-refractivity contribution in [3.63, 3.8) is 0 Å². The lowest BCUT2D eigenvalue weighted by molar-refractivity contribution is -0.118. The Bertz CT molecular complexity index is 865. The third-order valence-electron chi connectivity index (χ3n) is 3.41. The number of benzene rings is 1. The van der Waals surface area contributed by atoms with Gasteiger partial charge in [-0.15, -0.1) is 21.5 Å². The molecule has 0 aliphatic rings. The van der Waals surface area contributed by atoms with Crippen LogP contribution in [0.15, 0.2) is 45.4 Å². The van der Waals surface area contributed by atoms with E-state index in [2.05, 4.69) is 15.5 Å². The zero-order valence-corrected chi connectivity index (χ0v) is 15.9. The molecule has 0 aliphatic heterocycles. The molecule has 1 amide bonds. The Morgan fingerprint density at radius 2 is 2.15 bits per heavy atom. The van der Waals surface area contributed by atoms with E-state index in [4.69, 9.17) is 13.9 Å². The molecule has 0 saturated carbocycles. The number of hydrogen-bond acceptors (Lipinski definition) is 8. The Morgan fingerprint density at radius 1 is 1.27 bits per heavy atom. The molecular weight excluding hydrogens is 374 g/mol. The van der Waals surface area contributed by atoms with E-state index in [0.29, 0.717) is 34.7 Å². The van der Waals surface area contributed by atoms with Crippen molar-refractivity contribution in [1.29, 1.82) is 0 Å². The first kappa shape index (κ1) is 18.3. The Balaban J connectivity index is 1.58. The van der Waals surface area contributed by atoms with Gasteiger partial charge in [0.1, 0.15) is 11.5 Å². The van der Waals surface area contributed by atoms with Crippen LogP contribution in [-0.4, -0.2) is 36.1 Å². The molecule has 0 spiro atoms. The highest BCUT2D eigenvalue weighted by Crippen LogP contribution is 2.33. The van der Waals surface area contributed by atoms with Crippen molar-refractivity contribution in [2.45, 2.75) is 11.8 Å². The molecule has 3 aromatic rings. The van der Waals surface area contributed by atoms with Crippen LogP contribution in [0.2, 0.25) is 0 Å². The third kappa shape index (κ3) is 4.55. The number of rotatable bonds is 8. The zero-order chi connectivity index (χ0) is 18.4. The van der Waals surface area contributed by atoms with Crippen LogP contribution in [-0.2, 0) is 11.3 Å². The molecule has 0 atom stereocenters. The smallest absolute Gasteiger partial charge is 0.277 e. The van der Waals surface area contributed by atoms with Crippen molar-refractivity contribution in [2.75, 3.05) is 20.0 Å². The van der Waals surface area contributed by atoms with Crippen LogP contribution in [0.3, 0.4) is 0 Å². The first-order valence-electron chi connectivity index (χ1n) is 7.67. The van der Waals surface area contributed by atoms with Crippen molar-refractivity contribution in [1.82, 2.24) is 15.5 Å². The molecule has 136 valence electrons. The van der Waals surface area contributed by atoms with E-state index < -0.39 is 0 Å². The highest BCUT2D eigenvalue weighted by molar-refractivity contribution is 7.99. The van der Waals surface area contributed by atoms with E-state index in [0.717, 1.165) is 4.88 Å². The number of methoxy groups -OCH3 is 2. The second kappa shape index (κ2) is 8.72. The minimum absolute atomic E-state index is 0.0924. The van der Waals surface area contributed by atoms with Crippen LogP contribution in [0.25, 0.3) is 11.5 Å². The molecule has 0 aliphatic carbocycles. The van der Waals surface area contributed by atoms with Gasteiger partial charge in [-0.25, -0.2) is 0 Å². The third-order valence-corrected chi connectivity index (χ3v) is 5.11. The van der Waals surface area contributed by atoms with Gasteiger partial charge in [-0.3, -0.25) is 4.79 Å². The summed E-state index contributed by atoms with van der Waals surface area (Å²) in [5.41, 5.74) is 0.662. The molecule has 7 nitrogen and oxygen atoms in total. The fourth-order valence-corrected chi connectivity index (χ4v) is 3.37. The van der Waals surface area contributed by atoms with E-state index in [9.17, 15) is 4.79 Å². The summed E-state index contributed by atoms with van der Waals surface area (Å²) in [5.74, 6) is 1.67. The van der Waals surface area contributed by atoms with Crippen molar-refractivity contribution in [3.05, 3.63) is 40.6 Å². The highest BCUT2D eigenvalue weighted by atomic mass is 32.2. The topological polar surface area (TPSA) is 86.5 Å². The van der Waals surface area contributed by atoms with Crippen molar-refractivity contribution in [3.8, 4) is 23.0 Å². The highest BCUT2D eigenvalue weighted by Gasteiger charge is 2.15. The Labute approximate surface area is 158 Å². The van der Waals surface area contributed by atoms with E-state index in [1.807, 2.05) is 17.5 Å². The summed E-state index contributed by atoms with van der Waals surface area (Å²) in [4.78, 5) is 13.0. The van der Waals surface area contributed by atoms with Gasteiger partial charge in [-0.1, -0.05) is 17.8 Å². The number of hydrogen-bond donors (Lipinski definition) is 1. The lowest BCUT2D eigenvalue weighted by Gasteiger charge is -2.07. The quantitative estimate of drug-likeness (QED) is 0.590. The van der Waals surface area contributed by atoms with E-state index >= 15 is 0 Å². The van der Waals surface area contributed by atoms with Crippen molar-refractivity contribution >= 4 is 29.0 Å². The maximum Gasteiger partial charge on any atom is 0.277 e. The molecule has 0 unspecified atom stereocenters. The normalized spacial score (nSPS) is 10.5. The number of nitrogens with zero attached hydrogens (tertiary/aromatic N) is 2. The summed E-state index contributed by atoms with van der Waals surface area (Å²) in [7, 11) is 3.14. The average molecular weight is 391 g/mol. The number of thioether (sulfide) groups is 1. The molecule has 2 heterocycles. The fraction of sp³-hybridized carbons (Fsp3) is 0.235. The molecule has 0 saturated heterocycles. The van der Waals surface area contributed by atoms with Gasteiger partial charge in [0.05, 0.1) is 32.1 Å². The predicted octanol–water partition coefficient (Wildman–Crippen LogP) is 3.22. The molecule has 0 radical (unpaired) electrons. The molecular formula is C17H17N3O4S2. The van der Waals surface area contributed by atoms with Crippen molar-refractivity contribution < 1.29 is 18.7 Å². The van der Waals surface area contributed by atoms with Crippen LogP contribution in [0, 0.1) is 0 Å². The van der Waals surface area contributed by atoms with Gasteiger partial charge in [-0.2, -0.15) is 0 Å². The average Bonchev–Trinajstić information content (AvgIpc) is 3.36.